The first-order chi connectivity index (χ1) is 26.5. The van der Waals surface area contributed by atoms with Crippen LogP contribution in [0.15, 0.2) is 176 Å². The van der Waals surface area contributed by atoms with Gasteiger partial charge in [0, 0.05) is 32.9 Å². The third-order valence-electron chi connectivity index (χ3n) is 11.1. The number of para-hydroxylation sites is 1. The smallest absolute Gasteiger partial charge is 0.0541 e. The second-order valence-electron chi connectivity index (χ2n) is 14.9. The molecular formula is C52H40N2. The maximum absolute atomic E-state index is 2.42. The van der Waals surface area contributed by atoms with E-state index in [2.05, 4.69) is 206 Å². The normalized spacial score (nSPS) is 11.7. The van der Waals surface area contributed by atoms with E-state index in [1.807, 2.05) is 0 Å². The lowest BCUT2D eigenvalue weighted by Gasteiger charge is -2.10. The maximum atomic E-state index is 2.42. The summed E-state index contributed by atoms with van der Waals surface area (Å²) < 4.78 is 4.82. The van der Waals surface area contributed by atoms with Gasteiger partial charge in [0.2, 0.25) is 0 Å². The molecule has 0 radical (unpaired) electrons. The van der Waals surface area contributed by atoms with E-state index in [4.69, 9.17) is 0 Å². The summed E-state index contributed by atoms with van der Waals surface area (Å²) in [4.78, 5) is 0. The Balaban J connectivity index is 1.04. The van der Waals surface area contributed by atoms with Crippen molar-refractivity contribution in [3.63, 3.8) is 0 Å². The van der Waals surface area contributed by atoms with Crippen molar-refractivity contribution in [2.24, 2.45) is 0 Å². The highest BCUT2D eigenvalue weighted by Crippen LogP contribution is 2.38. The number of hydrogen-bond acceptors (Lipinski definition) is 0. The van der Waals surface area contributed by atoms with Crippen LogP contribution in [0.5, 0.6) is 0 Å². The fourth-order valence-electron chi connectivity index (χ4n) is 8.46. The van der Waals surface area contributed by atoms with Crippen LogP contribution in [0.4, 0.5) is 0 Å². The van der Waals surface area contributed by atoms with E-state index in [1.54, 1.807) is 0 Å². The van der Waals surface area contributed by atoms with Gasteiger partial charge in [-0.2, -0.15) is 0 Å². The van der Waals surface area contributed by atoms with Gasteiger partial charge in [-0.1, -0.05) is 120 Å². The predicted octanol–water partition coefficient (Wildman–Crippen LogP) is 13.7. The Morgan fingerprint density at radius 2 is 0.759 bits per heavy atom. The highest BCUT2D eigenvalue weighted by Gasteiger charge is 2.16. The molecule has 0 amide bonds. The molecule has 0 spiro atoms. The number of aryl methyl sites for hydroxylation is 3. The molecule has 2 heteroatoms. The minimum atomic E-state index is 0.859. The molecule has 2 heterocycles. The Morgan fingerprint density at radius 3 is 1.33 bits per heavy atom. The molecule has 0 fully saturated rings. The second kappa shape index (κ2) is 12.8. The van der Waals surface area contributed by atoms with Gasteiger partial charge in [-0.3, -0.25) is 0 Å². The standard InChI is InChI=1S/C52H40N2/c1-34-9-7-11-39(27-34)41-19-25-51-47(32-41)45-29-36(3)15-23-49(45)54(51)44-21-16-37(17-22-44)30-38-18-24-50-46(31-38)48-33-42(40-12-8-10-35(2)28-40)20-26-52(48)53(50)43-13-5-4-6-14-43/h4-29,31-33H,30H2,1-3H3. The Bertz CT molecular complexity index is 3030. The Morgan fingerprint density at radius 1 is 0.315 bits per heavy atom. The zero-order valence-corrected chi connectivity index (χ0v) is 30.8. The molecule has 0 saturated carbocycles. The molecule has 10 aromatic rings. The summed E-state index contributed by atoms with van der Waals surface area (Å²) in [6.45, 7) is 6.50. The van der Waals surface area contributed by atoms with Gasteiger partial charge in [-0.15, -0.1) is 0 Å². The lowest BCUT2D eigenvalue weighted by atomic mass is 9.99. The van der Waals surface area contributed by atoms with Crippen molar-refractivity contribution in [3.05, 3.63) is 204 Å². The van der Waals surface area contributed by atoms with E-state index in [0.717, 1.165) is 6.42 Å². The molecule has 0 aliphatic heterocycles. The first-order valence-electron chi connectivity index (χ1n) is 18.9. The summed E-state index contributed by atoms with van der Waals surface area (Å²) in [5.41, 5.74) is 18.7. The van der Waals surface area contributed by atoms with E-state index in [0.29, 0.717) is 0 Å². The average Bonchev–Trinajstić information content (AvgIpc) is 3.70. The highest BCUT2D eigenvalue weighted by atomic mass is 15.0. The van der Waals surface area contributed by atoms with E-state index in [9.17, 15) is 0 Å². The molecule has 0 aliphatic rings. The van der Waals surface area contributed by atoms with Crippen LogP contribution in [-0.4, -0.2) is 9.13 Å². The zero-order valence-electron chi connectivity index (χ0n) is 30.8. The van der Waals surface area contributed by atoms with E-state index < -0.39 is 0 Å². The van der Waals surface area contributed by atoms with Crippen LogP contribution < -0.4 is 0 Å². The highest BCUT2D eigenvalue weighted by molar-refractivity contribution is 6.12. The number of rotatable bonds is 6. The predicted molar refractivity (Wildman–Crippen MR) is 229 cm³/mol. The molecule has 10 rings (SSSR count). The molecule has 54 heavy (non-hydrogen) atoms. The summed E-state index contributed by atoms with van der Waals surface area (Å²) in [5, 5.41) is 5.13. The zero-order chi connectivity index (χ0) is 36.3. The first-order valence-corrected chi connectivity index (χ1v) is 18.9. The van der Waals surface area contributed by atoms with E-state index in [-0.39, 0.29) is 0 Å². The van der Waals surface area contributed by atoms with Crippen molar-refractivity contribution >= 4 is 43.6 Å². The van der Waals surface area contributed by atoms with Crippen LogP contribution in [0, 0.1) is 20.8 Å². The Labute approximate surface area is 316 Å². The van der Waals surface area contributed by atoms with Crippen LogP contribution >= 0.6 is 0 Å². The maximum Gasteiger partial charge on any atom is 0.0541 e. The minimum absolute atomic E-state index is 0.859. The van der Waals surface area contributed by atoms with Crippen LogP contribution in [-0.2, 0) is 6.42 Å². The van der Waals surface area contributed by atoms with Gasteiger partial charge in [0.05, 0.1) is 22.1 Å². The van der Waals surface area contributed by atoms with Gasteiger partial charge in [-0.05, 0) is 133 Å². The van der Waals surface area contributed by atoms with E-state index in [1.165, 1.54) is 105 Å². The molecule has 258 valence electrons. The molecule has 8 aromatic carbocycles. The number of fused-ring (bicyclic) bond motifs is 6. The molecule has 0 atom stereocenters. The minimum Gasteiger partial charge on any atom is -0.309 e. The average molecular weight is 693 g/mol. The summed E-state index contributed by atoms with van der Waals surface area (Å²) in [7, 11) is 0. The number of aromatic nitrogens is 2. The van der Waals surface area contributed by atoms with Gasteiger partial charge >= 0.3 is 0 Å². The summed E-state index contributed by atoms with van der Waals surface area (Å²) in [5.74, 6) is 0. The molecule has 0 unspecified atom stereocenters. The van der Waals surface area contributed by atoms with Gasteiger partial charge in [0.15, 0.2) is 0 Å². The Hall–Kier alpha value is -6.64. The van der Waals surface area contributed by atoms with Crippen molar-refractivity contribution < 1.29 is 0 Å². The molecular weight excluding hydrogens is 653 g/mol. The van der Waals surface area contributed by atoms with Crippen LogP contribution in [0.25, 0.3) is 77.2 Å². The third-order valence-corrected chi connectivity index (χ3v) is 11.1. The molecule has 0 bridgehead atoms. The largest absolute Gasteiger partial charge is 0.309 e. The number of benzene rings is 8. The van der Waals surface area contributed by atoms with Gasteiger partial charge in [0.1, 0.15) is 0 Å². The fourth-order valence-corrected chi connectivity index (χ4v) is 8.46. The number of hydrogen-bond donors (Lipinski definition) is 0. The Kier molecular flexibility index (Phi) is 7.59. The fraction of sp³-hybridized carbons (Fsp3) is 0.0769. The van der Waals surface area contributed by atoms with Gasteiger partial charge in [-0.25, -0.2) is 0 Å². The molecule has 0 saturated heterocycles. The van der Waals surface area contributed by atoms with Crippen LogP contribution in [0.2, 0.25) is 0 Å². The van der Waals surface area contributed by atoms with Crippen molar-refractivity contribution in [2.45, 2.75) is 27.2 Å². The summed E-state index contributed by atoms with van der Waals surface area (Å²) in [6, 6.07) is 65.2. The SMILES string of the molecule is Cc1cccc(-c2ccc3c(c2)c2cc(C)ccc2n3-c2ccc(Cc3ccc4c(c3)c3cc(-c5cccc(C)c5)ccc3n4-c3ccccc3)cc2)c1. The topological polar surface area (TPSA) is 9.86 Å². The van der Waals surface area contributed by atoms with Crippen LogP contribution in [0.1, 0.15) is 27.8 Å². The summed E-state index contributed by atoms with van der Waals surface area (Å²) >= 11 is 0. The molecule has 2 aromatic heterocycles. The molecule has 0 aliphatic carbocycles. The van der Waals surface area contributed by atoms with Crippen molar-refractivity contribution in [3.8, 4) is 33.6 Å². The van der Waals surface area contributed by atoms with Crippen molar-refractivity contribution in [1.82, 2.24) is 9.13 Å². The van der Waals surface area contributed by atoms with Crippen molar-refractivity contribution in [1.29, 1.82) is 0 Å². The van der Waals surface area contributed by atoms with Crippen molar-refractivity contribution in [2.75, 3.05) is 0 Å². The lowest BCUT2D eigenvalue weighted by molar-refractivity contribution is 1.15. The first kappa shape index (κ1) is 32.0. The summed E-state index contributed by atoms with van der Waals surface area (Å²) in [6.07, 6.45) is 0.859. The monoisotopic (exact) mass is 692 g/mol. The molecule has 0 N–H and O–H groups in total. The quantitative estimate of drug-likeness (QED) is 0.164. The molecule has 2 nitrogen and oxygen atoms in total. The van der Waals surface area contributed by atoms with Crippen LogP contribution in [0.3, 0.4) is 0 Å². The lowest BCUT2D eigenvalue weighted by Crippen LogP contribution is -1.96. The van der Waals surface area contributed by atoms with E-state index >= 15 is 0 Å². The second-order valence-corrected chi connectivity index (χ2v) is 14.9. The van der Waals surface area contributed by atoms with Gasteiger partial charge in [0.25, 0.3) is 0 Å². The number of nitrogens with zero attached hydrogens (tertiary/aromatic N) is 2. The third kappa shape index (κ3) is 5.50. The van der Waals surface area contributed by atoms with Gasteiger partial charge < -0.3 is 9.13 Å².